The van der Waals surface area contributed by atoms with Crippen LogP contribution in [0.5, 0.6) is 0 Å². The summed E-state index contributed by atoms with van der Waals surface area (Å²) in [4.78, 5) is 30.4. The van der Waals surface area contributed by atoms with E-state index in [1.807, 2.05) is 31.2 Å². The molecule has 1 aliphatic rings. The summed E-state index contributed by atoms with van der Waals surface area (Å²) in [5.41, 5.74) is 3.25. The number of benzene rings is 2. The van der Waals surface area contributed by atoms with E-state index >= 15 is 0 Å². The maximum absolute atomic E-state index is 12.9. The monoisotopic (exact) mass is 389 g/mol. The van der Waals surface area contributed by atoms with Crippen LogP contribution in [0.15, 0.2) is 61.2 Å². The zero-order chi connectivity index (χ0) is 20.4. The summed E-state index contributed by atoms with van der Waals surface area (Å²) in [7, 11) is 1.79. The molecule has 1 heterocycles. The predicted octanol–water partition coefficient (Wildman–Crippen LogP) is 3.45. The Balaban J connectivity index is 1.41. The minimum absolute atomic E-state index is 0.0594. The third kappa shape index (κ3) is 4.18. The van der Waals surface area contributed by atoms with Crippen LogP contribution >= 0.6 is 0 Å². The standard InChI is InChI=1S/C22H23N5O2/c1-15(16-7-11-20(12-8-16)27-14-23-13-24-27)26(2)22(29)18-5-9-19(10-6-18)25-21(28)17-3-4-17/h5-15,17H,3-4H2,1-2H3,(H,25,28)/t15-/m0/s1. The number of anilines is 1. The second-order valence-electron chi connectivity index (χ2n) is 7.36. The second-order valence-corrected chi connectivity index (χ2v) is 7.36. The Labute approximate surface area is 169 Å². The smallest absolute Gasteiger partial charge is 0.254 e. The predicted molar refractivity (Wildman–Crippen MR) is 110 cm³/mol. The van der Waals surface area contributed by atoms with E-state index in [1.165, 1.54) is 6.33 Å². The van der Waals surface area contributed by atoms with Gasteiger partial charge in [-0.2, -0.15) is 5.10 Å². The van der Waals surface area contributed by atoms with Crippen molar-refractivity contribution >= 4 is 17.5 Å². The number of nitrogens with one attached hydrogen (secondary N) is 1. The zero-order valence-electron chi connectivity index (χ0n) is 16.4. The maximum Gasteiger partial charge on any atom is 0.254 e. The molecule has 0 saturated heterocycles. The molecule has 29 heavy (non-hydrogen) atoms. The van der Waals surface area contributed by atoms with Gasteiger partial charge in [0, 0.05) is 24.2 Å². The summed E-state index contributed by atoms with van der Waals surface area (Å²) in [5.74, 6) is 0.140. The highest BCUT2D eigenvalue weighted by Gasteiger charge is 2.29. The highest BCUT2D eigenvalue weighted by molar-refractivity contribution is 5.96. The number of amides is 2. The highest BCUT2D eigenvalue weighted by atomic mass is 16.2. The van der Waals surface area contributed by atoms with Gasteiger partial charge in [0.1, 0.15) is 12.7 Å². The molecule has 7 heteroatoms. The lowest BCUT2D eigenvalue weighted by Crippen LogP contribution is -2.29. The molecule has 3 aromatic rings. The molecule has 0 spiro atoms. The first kappa shape index (κ1) is 18.9. The van der Waals surface area contributed by atoms with Crippen molar-refractivity contribution in [2.45, 2.75) is 25.8 Å². The van der Waals surface area contributed by atoms with Gasteiger partial charge in [0.05, 0.1) is 11.7 Å². The normalized spacial score (nSPS) is 14.3. The molecule has 1 aliphatic carbocycles. The molecule has 0 unspecified atom stereocenters. The van der Waals surface area contributed by atoms with Crippen LogP contribution in [0.25, 0.3) is 5.69 Å². The number of nitrogens with zero attached hydrogens (tertiary/aromatic N) is 4. The van der Waals surface area contributed by atoms with E-state index in [4.69, 9.17) is 0 Å². The fourth-order valence-electron chi connectivity index (χ4n) is 3.14. The molecular weight excluding hydrogens is 366 g/mol. The highest BCUT2D eigenvalue weighted by Crippen LogP contribution is 2.30. The molecule has 4 rings (SSSR count). The molecule has 0 bridgehead atoms. The quantitative estimate of drug-likeness (QED) is 0.700. The van der Waals surface area contributed by atoms with Crippen molar-refractivity contribution in [2.75, 3.05) is 12.4 Å². The molecule has 2 amide bonds. The van der Waals surface area contributed by atoms with Gasteiger partial charge in [0.2, 0.25) is 5.91 Å². The van der Waals surface area contributed by atoms with Crippen molar-refractivity contribution < 1.29 is 9.59 Å². The Morgan fingerprint density at radius 3 is 2.38 bits per heavy atom. The number of rotatable bonds is 6. The van der Waals surface area contributed by atoms with E-state index in [9.17, 15) is 9.59 Å². The van der Waals surface area contributed by atoms with Crippen molar-refractivity contribution in [3.8, 4) is 5.69 Å². The Bertz CT molecular complexity index is 993. The third-order valence-corrected chi connectivity index (χ3v) is 5.31. The van der Waals surface area contributed by atoms with E-state index in [-0.39, 0.29) is 23.8 Å². The summed E-state index contributed by atoms with van der Waals surface area (Å²) in [6.45, 7) is 1.99. The number of aromatic nitrogens is 3. The molecular formula is C22H23N5O2. The van der Waals surface area contributed by atoms with Crippen LogP contribution in [0.1, 0.15) is 41.7 Å². The van der Waals surface area contributed by atoms with Crippen LogP contribution in [-0.2, 0) is 4.79 Å². The minimum Gasteiger partial charge on any atom is -0.335 e. The maximum atomic E-state index is 12.9. The molecule has 1 fully saturated rings. The van der Waals surface area contributed by atoms with Crippen LogP contribution < -0.4 is 5.32 Å². The fourth-order valence-corrected chi connectivity index (χ4v) is 3.14. The number of hydrogen-bond acceptors (Lipinski definition) is 4. The first-order chi connectivity index (χ1) is 14.0. The van der Waals surface area contributed by atoms with Crippen LogP contribution in [0, 0.1) is 5.92 Å². The summed E-state index contributed by atoms with van der Waals surface area (Å²) in [5, 5.41) is 7.01. The van der Waals surface area contributed by atoms with Gasteiger partial charge in [0.25, 0.3) is 5.91 Å². The first-order valence-corrected chi connectivity index (χ1v) is 9.66. The Hall–Kier alpha value is -3.48. The van der Waals surface area contributed by atoms with Gasteiger partial charge in [-0.3, -0.25) is 9.59 Å². The van der Waals surface area contributed by atoms with Crippen LogP contribution in [0.3, 0.4) is 0 Å². The van der Waals surface area contributed by atoms with E-state index in [0.29, 0.717) is 5.56 Å². The van der Waals surface area contributed by atoms with Crippen LogP contribution in [0.2, 0.25) is 0 Å². The molecule has 2 aromatic carbocycles. The molecule has 1 atom stereocenters. The minimum atomic E-state index is -0.0958. The van der Waals surface area contributed by atoms with Gasteiger partial charge < -0.3 is 10.2 Å². The van der Waals surface area contributed by atoms with Crippen molar-refractivity contribution in [3.05, 3.63) is 72.3 Å². The lowest BCUT2D eigenvalue weighted by molar-refractivity contribution is -0.117. The van der Waals surface area contributed by atoms with Crippen molar-refractivity contribution in [1.82, 2.24) is 19.7 Å². The van der Waals surface area contributed by atoms with Gasteiger partial charge in [-0.1, -0.05) is 12.1 Å². The number of hydrogen-bond donors (Lipinski definition) is 1. The molecule has 1 saturated carbocycles. The SMILES string of the molecule is C[C@@H](c1ccc(-n2cncn2)cc1)N(C)C(=O)c1ccc(NC(=O)C2CC2)cc1. The second kappa shape index (κ2) is 7.87. The summed E-state index contributed by atoms with van der Waals surface area (Å²) in [6, 6.07) is 14.8. The van der Waals surface area contributed by atoms with E-state index in [2.05, 4.69) is 15.4 Å². The van der Waals surface area contributed by atoms with E-state index in [0.717, 1.165) is 29.8 Å². The lowest BCUT2D eigenvalue weighted by Gasteiger charge is -2.25. The average Bonchev–Trinajstić information content (AvgIpc) is 3.47. The van der Waals surface area contributed by atoms with E-state index < -0.39 is 0 Å². The first-order valence-electron chi connectivity index (χ1n) is 9.66. The van der Waals surface area contributed by atoms with Crippen molar-refractivity contribution in [2.24, 2.45) is 5.92 Å². The fraction of sp³-hybridized carbons (Fsp3) is 0.273. The zero-order valence-corrected chi connectivity index (χ0v) is 16.4. The van der Waals surface area contributed by atoms with Gasteiger partial charge in [-0.15, -0.1) is 0 Å². The van der Waals surface area contributed by atoms with Crippen LogP contribution in [0.4, 0.5) is 5.69 Å². The molecule has 148 valence electrons. The Kier molecular flexibility index (Phi) is 5.12. The Morgan fingerprint density at radius 2 is 1.79 bits per heavy atom. The van der Waals surface area contributed by atoms with Gasteiger partial charge >= 0.3 is 0 Å². The molecule has 7 nitrogen and oxygen atoms in total. The third-order valence-electron chi connectivity index (χ3n) is 5.31. The van der Waals surface area contributed by atoms with Crippen molar-refractivity contribution in [1.29, 1.82) is 0 Å². The molecule has 1 aromatic heterocycles. The Morgan fingerprint density at radius 1 is 1.10 bits per heavy atom. The van der Waals surface area contributed by atoms with Gasteiger partial charge in [-0.05, 0) is 61.7 Å². The van der Waals surface area contributed by atoms with E-state index in [1.54, 1.807) is 47.2 Å². The number of carbonyl (C=O) groups is 2. The summed E-state index contributed by atoms with van der Waals surface area (Å²) >= 11 is 0. The average molecular weight is 389 g/mol. The molecule has 0 radical (unpaired) electrons. The number of carbonyl (C=O) groups excluding carboxylic acids is 2. The van der Waals surface area contributed by atoms with Crippen molar-refractivity contribution in [3.63, 3.8) is 0 Å². The topological polar surface area (TPSA) is 80.1 Å². The lowest BCUT2D eigenvalue weighted by atomic mass is 10.1. The molecule has 0 aliphatic heterocycles. The van der Waals surface area contributed by atoms with Gasteiger partial charge in [0.15, 0.2) is 0 Å². The summed E-state index contributed by atoms with van der Waals surface area (Å²) in [6.07, 6.45) is 5.06. The van der Waals surface area contributed by atoms with Crippen LogP contribution in [-0.4, -0.2) is 38.5 Å². The molecule has 1 N–H and O–H groups in total. The largest absolute Gasteiger partial charge is 0.335 e. The summed E-state index contributed by atoms with van der Waals surface area (Å²) < 4.78 is 1.69. The van der Waals surface area contributed by atoms with Gasteiger partial charge in [-0.25, -0.2) is 9.67 Å².